The third kappa shape index (κ3) is 1.68. The van der Waals surface area contributed by atoms with Crippen LogP contribution in [0.1, 0.15) is 0 Å². The summed E-state index contributed by atoms with van der Waals surface area (Å²) in [5, 5.41) is 0.257. The number of fused-ring (bicyclic) bond motifs is 1. The molecule has 19 heavy (non-hydrogen) atoms. The first-order chi connectivity index (χ1) is 9.18. The van der Waals surface area contributed by atoms with E-state index in [-0.39, 0.29) is 11.2 Å². The van der Waals surface area contributed by atoms with Gasteiger partial charge in [-0.05, 0) is 12.1 Å². The highest BCUT2D eigenvalue weighted by molar-refractivity contribution is 5.89. The van der Waals surface area contributed by atoms with E-state index in [9.17, 15) is 9.59 Å². The molecule has 0 saturated carbocycles. The van der Waals surface area contributed by atoms with Crippen LogP contribution in [0.25, 0.3) is 16.7 Å². The number of nitrogen functional groups attached to an aromatic ring is 1. The average molecular weight is 255 g/mol. The van der Waals surface area contributed by atoms with Gasteiger partial charge in [0.05, 0.1) is 17.1 Å². The lowest BCUT2D eigenvalue weighted by atomic mass is 10.2. The molecule has 0 fully saturated rings. The van der Waals surface area contributed by atoms with Crippen LogP contribution < -0.4 is 17.0 Å². The van der Waals surface area contributed by atoms with Gasteiger partial charge in [0.1, 0.15) is 0 Å². The number of hydrogen-bond acceptors (Lipinski definition) is 5. The van der Waals surface area contributed by atoms with E-state index in [1.807, 2.05) is 0 Å². The Labute approximate surface area is 106 Å². The molecule has 0 amide bonds. The van der Waals surface area contributed by atoms with Crippen LogP contribution in [0.4, 0.5) is 5.69 Å². The van der Waals surface area contributed by atoms with Crippen LogP contribution in [0.5, 0.6) is 0 Å². The van der Waals surface area contributed by atoms with Crippen molar-refractivity contribution in [3.05, 3.63) is 57.6 Å². The zero-order chi connectivity index (χ0) is 13.4. The Balaban J connectivity index is 2.49. The summed E-state index contributed by atoms with van der Waals surface area (Å²) in [5.41, 5.74) is 5.39. The number of aromatic nitrogens is 4. The summed E-state index contributed by atoms with van der Waals surface area (Å²) in [7, 11) is 0. The van der Waals surface area contributed by atoms with Crippen molar-refractivity contribution in [2.45, 2.75) is 0 Å². The number of H-pyrrole nitrogens is 1. The fourth-order valence-electron chi connectivity index (χ4n) is 1.90. The van der Waals surface area contributed by atoms with Crippen LogP contribution in [-0.2, 0) is 0 Å². The normalized spacial score (nSPS) is 10.7. The van der Waals surface area contributed by atoms with E-state index < -0.39 is 11.2 Å². The maximum Gasteiger partial charge on any atom is 0.334 e. The molecule has 0 bridgehead atoms. The van der Waals surface area contributed by atoms with Gasteiger partial charge in [-0.3, -0.25) is 9.78 Å². The Morgan fingerprint density at radius 1 is 1.21 bits per heavy atom. The Morgan fingerprint density at radius 2 is 2.05 bits per heavy atom. The number of hydrogen-bond donors (Lipinski definition) is 2. The van der Waals surface area contributed by atoms with Gasteiger partial charge in [-0.2, -0.15) is 0 Å². The summed E-state index contributed by atoms with van der Waals surface area (Å²) < 4.78 is 0.908. The predicted molar refractivity (Wildman–Crippen MR) is 70.2 cm³/mol. The highest BCUT2D eigenvalue weighted by Crippen LogP contribution is 2.13. The van der Waals surface area contributed by atoms with E-state index in [0.29, 0.717) is 11.2 Å². The first-order valence-electron chi connectivity index (χ1n) is 5.48. The van der Waals surface area contributed by atoms with Gasteiger partial charge in [0.2, 0.25) is 0 Å². The lowest BCUT2D eigenvalue weighted by Gasteiger charge is -2.06. The van der Waals surface area contributed by atoms with Crippen LogP contribution in [0.2, 0.25) is 0 Å². The van der Waals surface area contributed by atoms with Crippen molar-refractivity contribution in [3.8, 4) is 5.82 Å². The van der Waals surface area contributed by atoms with Crippen molar-refractivity contribution in [2.75, 3.05) is 5.73 Å². The molecule has 7 heteroatoms. The largest absolute Gasteiger partial charge is 0.398 e. The summed E-state index contributed by atoms with van der Waals surface area (Å²) in [5.74, 6) is 0.152. The van der Waals surface area contributed by atoms with Gasteiger partial charge in [0, 0.05) is 18.1 Å². The molecular formula is C12H9N5O2. The van der Waals surface area contributed by atoms with Crippen molar-refractivity contribution in [1.82, 2.24) is 19.5 Å². The molecule has 2 heterocycles. The van der Waals surface area contributed by atoms with Crippen molar-refractivity contribution in [3.63, 3.8) is 0 Å². The molecule has 0 aliphatic carbocycles. The van der Waals surface area contributed by atoms with Gasteiger partial charge in [0.25, 0.3) is 5.56 Å². The molecule has 7 nitrogen and oxygen atoms in total. The van der Waals surface area contributed by atoms with Gasteiger partial charge >= 0.3 is 5.69 Å². The average Bonchev–Trinajstić information content (AvgIpc) is 2.39. The van der Waals surface area contributed by atoms with Crippen molar-refractivity contribution >= 4 is 16.6 Å². The highest BCUT2D eigenvalue weighted by atomic mass is 16.2. The minimum absolute atomic E-state index is 0.152. The maximum atomic E-state index is 12.4. The molecule has 3 N–H and O–H groups in total. The van der Waals surface area contributed by atoms with Crippen LogP contribution in [0, 0.1) is 0 Å². The van der Waals surface area contributed by atoms with E-state index in [1.165, 1.54) is 18.6 Å². The zero-order valence-corrected chi connectivity index (χ0v) is 9.70. The third-order valence-electron chi connectivity index (χ3n) is 2.74. The molecule has 0 spiro atoms. The summed E-state index contributed by atoms with van der Waals surface area (Å²) in [6.45, 7) is 0. The minimum atomic E-state index is -0.580. The van der Waals surface area contributed by atoms with E-state index in [1.54, 1.807) is 18.2 Å². The molecule has 3 aromatic rings. The Kier molecular flexibility index (Phi) is 2.38. The van der Waals surface area contributed by atoms with Gasteiger partial charge < -0.3 is 10.7 Å². The predicted octanol–water partition coefficient (Wildman–Crippen LogP) is 0.0512. The molecule has 0 atom stereocenters. The molecule has 94 valence electrons. The fourth-order valence-corrected chi connectivity index (χ4v) is 1.90. The number of nitrogens with zero attached hydrogens (tertiary/aromatic N) is 3. The lowest BCUT2D eigenvalue weighted by Crippen LogP contribution is -2.34. The Bertz CT molecular complexity index is 867. The molecule has 0 radical (unpaired) electrons. The smallest absolute Gasteiger partial charge is 0.334 e. The van der Waals surface area contributed by atoms with E-state index >= 15 is 0 Å². The monoisotopic (exact) mass is 255 g/mol. The van der Waals surface area contributed by atoms with Gasteiger partial charge in [0.15, 0.2) is 5.82 Å². The van der Waals surface area contributed by atoms with Gasteiger partial charge in [-0.25, -0.2) is 14.3 Å². The molecule has 0 aliphatic rings. The molecule has 1 aromatic carbocycles. The highest BCUT2D eigenvalue weighted by Gasteiger charge is 2.12. The number of nitrogens with one attached hydrogen (secondary N) is 1. The maximum absolute atomic E-state index is 12.4. The number of rotatable bonds is 1. The van der Waals surface area contributed by atoms with E-state index in [4.69, 9.17) is 5.73 Å². The van der Waals surface area contributed by atoms with Crippen LogP contribution in [0.15, 0.2) is 46.4 Å². The Morgan fingerprint density at radius 3 is 2.79 bits per heavy atom. The summed E-state index contributed by atoms with van der Waals surface area (Å²) in [6.07, 6.45) is 4.19. The molecular weight excluding hydrogens is 246 g/mol. The zero-order valence-electron chi connectivity index (χ0n) is 9.70. The summed E-state index contributed by atoms with van der Waals surface area (Å²) in [4.78, 5) is 34.7. The number of benzene rings is 1. The molecule has 2 aromatic heterocycles. The number of aromatic amines is 1. The second-order valence-corrected chi connectivity index (χ2v) is 3.90. The number of anilines is 1. The van der Waals surface area contributed by atoms with Gasteiger partial charge in [-0.1, -0.05) is 6.07 Å². The summed E-state index contributed by atoms with van der Waals surface area (Å²) in [6, 6.07) is 4.89. The van der Waals surface area contributed by atoms with E-state index in [0.717, 1.165) is 4.57 Å². The second kappa shape index (κ2) is 4.05. The molecule has 0 aliphatic heterocycles. The van der Waals surface area contributed by atoms with Crippen LogP contribution >= 0.6 is 0 Å². The molecule has 3 rings (SSSR count). The quantitative estimate of drug-likeness (QED) is 0.597. The first-order valence-corrected chi connectivity index (χ1v) is 5.48. The van der Waals surface area contributed by atoms with Crippen LogP contribution in [-0.4, -0.2) is 19.5 Å². The first kappa shape index (κ1) is 11.1. The van der Waals surface area contributed by atoms with Gasteiger partial charge in [-0.15, -0.1) is 0 Å². The Hall–Kier alpha value is -2.96. The topological polar surface area (TPSA) is 107 Å². The van der Waals surface area contributed by atoms with Crippen molar-refractivity contribution < 1.29 is 0 Å². The molecule has 0 saturated heterocycles. The fraction of sp³-hybridized carbons (Fsp3) is 0. The van der Waals surface area contributed by atoms with E-state index in [2.05, 4.69) is 15.0 Å². The SMILES string of the molecule is Nc1cccc2[nH]c(=O)n(-c3cnccn3)c(=O)c12. The van der Waals surface area contributed by atoms with Crippen molar-refractivity contribution in [1.29, 1.82) is 0 Å². The number of nitrogens with two attached hydrogens (primary N) is 1. The standard InChI is InChI=1S/C12H9N5O2/c13-7-2-1-3-8-10(7)11(18)17(12(19)16-8)9-6-14-4-5-15-9/h1-6H,13H2,(H,16,19). The second-order valence-electron chi connectivity index (χ2n) is 3.90. The lowest BCUT2D eigenvalue weighted by molar-refractivity contribution is 0.859. The van der Waals surface area contributed by atoms with Crippen molar-refractivity contribution in [2.24, 2.45) is 0 Å². The molecule has 0 unspecified atom stereocenters. The minimum Gasteiger partial charge on any atom is -0.398 e. The van der Waals surface area contributed by atoms with Crippen LogP contribution in [0.3, 0.4) is 0 Å². The third-order valence-corrected chi connectivity index (χ3v) is 2.74. The summed E-state index contributed by atoms with van der Waals surface area (Å²) >= 11 is 0.